The largest absolute Gasteiger partial charge is 0.342 e. The molecule has 3 heteroatoms. The lowest BCUT2D eigenvalue weighted by atomic mass is 9.78. The van der Waals surface area contributed by atoms with Crippen LogP contribution in [0.1, 0.15) is 71.1 Å². The van der Waals surface area contributed by atoms with Crippen molar-refractivity contribution in [1.82, 2.24) is 10.2 Å². The highest BCUT2D eigenvalue weighted by molar-refractivity contribution is 5.77. The van der Waals surface area contributed by atoms with Crippen molar-refractivity contribution < 1.29 is 4.79 Å². The Kier molecular flexibility index (Phi) is 5.48. The van der Waals surface area contributed by atoms with E-state index in [-0.39, 0.29) is 5.54 Å². The summed E-state index contributed by atoms with van der Waals surface area (Å²) in [6.07, 6.45) is 11.9. The second-order valence-corrected chi connectivity index (χ2v) is 7.10. The summed E-state index contributed by atoms with van der Waals surface area (Å²) in [5, 5.41) is 3.47. The monoisotopic (exact) mass is 280 g/mol. The van der Waals surface area contributed by atoms with Gasteiger partial charge in [-0.2, -0.15) is 0 Å². The fourth-order valence-corrected chi connectivity index (χ4v) is 4.21. The summed E-state index contributed by atoms with van der Waals surface area (Å²) in [6.45, 7) is 2.31. The van der Waals surface area contributed by atoms with Gasteiger partial charge in [-0.1, -0.05) is 39.0 Å². The van der Waals surface area contributed by atoms with Gasteiger partial charge in [-0.05, 0) is 38.6 Å². The maximum atomic E-state index is 12.7. The fourth-order valence-electron chi connectivity index (χ4n) is 4.21. The first-order chi connectivity index (χ1) is 9.58. The van der Waals surface area contributed by atoms with Crippen LogP contribution < -0.4 is 5.32 Å². The number of rotatable bonds is 4. The quantitative estimate of drug-likeness (QED) is 0.856. The lowest BCUT2D eigenvalue weighted by molar-refractivity contribution is -0.135. The van der Waals surface area contributed by atoms with Crippen LogP contribution >= 0.6 is 0 Å². The number of nitrogens with zero attached hydrogens (tertiary/aromatic N) is 1. The maximum Gasteiger partial charge on any atom is 0.224 e. The van der Waals surface area contributed by atoms with Gasteiger partial charge in [-0.3, -0.25) is 4.79 Å². The van der Waals surface area contributed by atoms with Crippen molar-refractivity contribution in [2.45, 2.75) is 82.7 Å². The fraction of sp³-hybridized carbons (Fsp3) is 0.941. The minimum Gasteiger partial charge on any atom is -0.342 e. The van der Waals surface area contributed by atoms with Crippen LogP contribution in [0.4, 0.5) is 0 Å². The first kappa shape index (κ1) is 15.8. The van der Waals surface area contributed by atoms with E-state index in [4.69, 9.17) is 0 Å². The first-order valence-electron chi connectivity index (χ1n) is 8.52. The molecule has 0 aromatic heterocycles. The third-order valence-corrected chi connectivity index (χ3v) is 5.79. The van der Waals surface area contributed by atoms with Crippen LogP contribution in [0, 0.1) is 5.92 Å². The Morgan fingerprint density at radius 3 is 2.40 bits per heavy atom. The summed E-state index contributed by atoms with van der Waals surface area (Å²) in [5.74, 6) is 1.01. The van der Waals surface area contributed by atoms with Gasteiger partial charge in [0.05, 0.1) is 0 Å². The molecule has 2 aliphatic carbocycles. The molecule has 0 aliphatic heterocycles. The molecule has 2 fully saturated rings. The molecule has 0 bridgehead atoms. The molecule has 2 rings (SSSR count). The van der Waals surface area contributed by atoms with Crippen LogP contribution in [0.3, 0.4) is 0 Å². The highest BCUT2D eigenvalue weighted by atomic mass is 16.2. The zero-order valence-electron chi connectivity index (χ0n) is 13.6. The minimum absolute atomic E-state index is 0.0709. The molecule has 3 nitrogen and oxygen atoms in total. The van der Waals surface area contributed by atoms with Gasteiger partial charge in [0.1, 0.15) is 0 Å². The van der Waals surface area contributed by atoms with Gasteiger partial charge in [0.2, 0.25) is 5.91 Å². The number of carbonyl (C=O) groups is 1. The molecule has 116 valence electrons. The lowest BCUT2D eigenvalue weighted by Gasteiger charge is -2.41. The Labute approximate surface area is 124 Å². The van der Waals surface area contributed by atoms with Gasteiger partial charge < -0.3 is 10.2 Å². The van der Waals surface area contributed by atoms with Crippen LogP contribution in [0.15, 0.2) is 0 Å². The number of carbonyl (C=O) groups excluding carboxylic acids is 1. The molecule has 0 aromatic rings. The second kappa shape index (κ2) is 6.93. The van der Waals surface area contributed by atoms with Gasteiger partial charge in [0, 0.05) is 25.0 Å². The standard InChI is InChI=1S/C17H32N2O/c1-14-9-5-6-10-15(14)19(3)16(20)13-17(18-2)11-7-4-8-12-17/h14-15,18H,4-13H2,1-3H3. The van der Waals surface area contributed by atoms with E-state index in [1.807, 2.05) is 14.1 Å². The summed E-state index contributed by atoms with van der Waals surface area (Å²) in [6, 6.07) is 0.466. The molecule has 0 spiro atoms. The Balaban J connectivity index is 1.95. The van der Waals surface area contributed by atoms with Crippen molar-refractivity contribution in [1.29, 1.82) is 0 Å². The summed E-state index contributed by atoms with van der Waals surface area (Å²) in [5.41, 5.74) is 0.0709. The third-order valence-electron chi connectivity index (χ3n) is 5.79. The van der Waals surface area contributed by atoms with Gasteiger partial charge in [-0.15, -0.1) is 0 Å². The van der Waals surface area contributed by atoms with Gasteiger partial charge >= 0.3 is 0 Å². The summed E-state index contributed by atoms with van der Waals surface area (Å²) in [4.78, 5) is 14.8. The van der Waals surface area contributed by atoms with Crippen molar-refractivity contribution in [3.8, 4) is 0 Å². The zero-order valence-corrected chi connectivity index (χ0v) is 13.6. The molecule has 2 aliphatic rings. The molecule has 0 aromatic carbocycles. The van der Waals surface area contributed by atoms with Crippen molar-refractivity contribution in [2.24, 2.45) is 5.92 Å². The van der Waals surface area contributed by atoms with Crippen molar-refractivity contribution in [3.63, 3.8) is 0 Å². The van der Waals surface area contributed by atoms with E-state index in [1.54, 1.807) is 0 Å². The van der Waals surface area contributed by atoms with E-state index in [0.717, 1.165) is 12.8 Å². The van der Waals surface area contributed by atoms with Crippen LogP contribution in [0.2, 0.25) is 0 Å². The van der Waals surface area contributed by atoms with Crippen LogP contribution in [0.25, 0.3) is 0 Å². The van der Waals surface area contributed by atoms with E-state index in [1.165, 1.54) is 44.9 Å². The third kappa shape index (κ3) is 3.55. The highest BCUT2D eigenvalue weighted by Crippen LogP contribution is 2.33. The van der Waals surface area contributed by atoms with E-state index in [0.29, 0.717) is 24.3 Å². The normalized spacial score (nSPS) is 29.9. The van der Waals surface area contributed by atoms with E-state index >= 15 is 0 Å². The molecule has 0 radical (unpaired) electrons. The molecular formula is C17H32N2O. The number of nitrogens with one attached hydrogen (secondary N) is 1. The van der Waals surface area contributed by atoms with Gasteiger partial charge in [0.25, 0.3) is 0 Å². The van der Waals surface area contributed by atoms with E-state index in [2.05, 4.69) is 17.1 Å². The second-order valence-electron chi connectivity index (χ2n) is 7.10. The zero-order chi connectivity index (χ0) is 14.6. The Morgan fingerprint density at radius 1 is 1.15 bits per heavy atom. The van der Waals surface area contributed by atoms with Crippen molar-refractivity contribution >= 4 is 5.91 Å². The first-order valence-corrected chi connectivity index (χ1v) is 8.52. The number of hydrogen-bond acceptors (Lipinski definition) is 2. The average Bonchev–Trinajstić information content (AvgIpc) is 2.48. The van der Waals surface area contributed by atoms with E-state index < -0.39 is 0 Å². The summed E-state index contributed by atoms with van der Waals surface area (Å²) >= 11 is 0. The summed E-state index contributed by atoms with van der Waals surface area (Å²) in [7, 11) is 4.06. The van der Waals surface area contributed by atoms with Crippen molar-refractivity contribution in [3.05, 3.63) is 0 Å². The molecule has 0 heterocycles. The Morgan fingerprint density at radius 2 is 1.80 bits per heavy atom. The molecular weight excluding hydrogens is 248 g/mol. The molecule has 20 heavy (non-hydrogen) atoms. The predicted molar refractivity (Wildman–Crippen MR) is 83.7 cm³/mol. The van der Waals surface area contributed by atoms with E-state index in [9.17, 15) is 4.79 Å². The molecule has 1 amide bonds. The molecule has 2 saturated carbocycles. The topological polar surface area (TPSA) is 32.3 Å². The van der Waals surface area contributed by atoms with Crippen LogP contribution in [-0.2, 0) is 4.79 Å². The maximum absolute atomic E-state index is 12.7. The molecule has 1 N–H and O–H groups in total. The summed E-state index contributed by atoms with van der Waals surface area (Å²) < 4.78 is 0. The minimum atomic E-state index is 0.0709. The van der Waals surface area contributed by atoms with Gasteiger partial charge in [0.15, 0.2) is 0 Å². The lowest BCUT2D eigenvalue weighted by Crippen LogP contribution is -2.51. The van der Waals surface area contributed by atoms with Crippen LogP contribution in [0.5, 0.6) is 0 Å². The number of hydrogen-bond donors (Lipinski definition) is 1. The SMILES string of the molecule is CNC1(CC(=O)N(C)C2CCCCC2C)CCCCC1. The Hall–Kier alpha value is -0.570. The van der Waals surface area contributed by atoms with Crippen LogP contribution in [-0.4, -0.2) is 36.5 Å². The van der Waals surface area contributed by atoms with Crippen molar-refractivity contribution in [2.75, 3.05) is 14.1 Å². The molecule has 2 unspecified atom stereocenters. The van der Waals surface area contributed by atoms with Gasteiger partial charge in [-0.25, -0.2) is 0 Å². The average molecular weight is 280 g/mol. The highest BCUT2D eigenvalue weighted by Gasteiger charge is 2.35. The predicted octanol–water partition coefficient (Wildman–Crippen LogP) is 3.34. The molecule has 0 saturated heterocycles. The Bertz CT molecular complexity index is 323. The smallest absolute Gasteiger partial charge is 0.224 e. The number of amides is 1. The molecule has 2 atom stereocenters.